The van der Waals surface area contributed by atoms with E-state index in [9.17, 15) is 8.42 Å². The lowest BCUT2D eigenvalue weighted by atomic mass is 9.97. The van der Waals surface area contributed by atoms with Gasteiger partial charge in [-0.05, 0) is 50.5 Å². The van der Waals surface area contributed by atoms with E-state index in [0.29, 0.717) is 18.0 Å². The van der Waals surface area contributed by atoms with Gasteiger partial charge in [-0.2, -0.15) is 0 Å². The first-order chi connectivity index (χ1) is 14.1. The van der Waals surface area contributed by atoms with Gasteiger partial charge >= 0.3 is 0 Å². The van der Waals surface area contributed by atoms with Crippen LogP contribution in [0, 0.1) is 0 Å². The van der Waals surface area contributed by atoms with Crippen LogP contribution < -0.4 is 4.31 Å². The second-order valence-corrected chi connectivity index (χ2v) is 9.72. The highest BCUT2D eigenvalue weighted by Gasteiger charge is 2.24. The first-order valence-electron chi connectivity index (χ1n) is 9.72. The highest BCUT2D eigenvalue weighted by Crippen LogP contribution is 2.29. The fraction of sp³-hybridized carbons (Fsp3) is 0.333. The average molecular weight is 430 g/mol. The highest BCUT2D eigenvalue weighted by molar-refractivity contribution is 7.98. The summed E-state index contributed by atoms with van der Waals surface area (Å²) in [6.45, 7) is 2.17. The monoisotopic (exact) mass is 429 g/mol. The third kappa shape index (κ3) is 4.18. The third-order valence-corrected chi connectivity index (χ3v) is 7.86. The topological polar surface area (TPSA) is 76.3 Å². The first-order valence-corrected chi connectivity index (χ1v) is 12.1. The number of aryl methyl sites for hydroxylation is 1. The SMILES string of the molecule is CCN(c1ccccc1)S(=O)(=O)c1ccc(SCc2noc3c2CCCC3)nc1. The molecule has 3 aromatic rings. The van der Waals surface area contributed by atoms with Crippen molar-refractivity contribution >= 4 is 27.5 Å². The Morgan fingerprint density at radius 3 is 2.62 bits per heavy atom. The van der Waals surface area contributed by atoms with Gasteiger partial charge in [0, 0.05) is 30.5 Å². The number of anilines is 1. The van der Waals surface area contributed by atoms with Gasteiger partial charge in [-0.1, -0.05) is 35.1 Å². The molecule has 0 saturated heterocycles. The fourth-order valence-electron chi connectivity index (χ4n) is 3.52. The lowest BCUT2D eigenvalue weighted by Crippen LogP contribution is -2.30. The number of sulfonamides is 1. The van der Waals surface area contributed by atoms with Gasteiger partial charge in [0.15, 0.2) is 0 Å². The van der Waals surface area contributed by atoms with Crippen LogP contribution in [0.5, 0.6) is 0 Å². The quantitative estimate of drug-likeness (QED) is 0.516. The maximum atomic E-state index is 13.0. The predicted octanol–water partition coefficient (Wildman–Crippen LogP) is 4.46. The minimum Gasteiger partial charge on any atom is -0.361 e. The van der Waals surface area contributed by atoms with Crippen LogP contribution in [0.2, 0.25) is 0 Å². The summed E-state index contributed by atoms with van der Waals surface area (Å²) < 4.78 is 32.9. The molecule has 6 nitrogen and oxygen atoms in total. The summed E-state index contributed by atoms with van der Waals surface area (Å²) in [5, 5.41) is 4.97. The fourth-order valence-corrected chi connectivity index (χ4v) is 5.74. The number of nitrogens with zero attached hydrogens (tertiary/aromatic N) is 3. The van der Waals surface area contributed by atoms with Crippen molar-refractivity contribution in [3.63, 3.8) is 0 Å². The van der Waals surface area contributed by atoms with Crippen molar-refractivity contribution in [2.45, 2.75) is 48.3 Å². The molecule has 0 bridgehead atoms. The Hall–Kier alpha value is -2.32. The number of benzene rings is 1. The second-order valence-electron chi connectivity index (χ2n) is 6.86. The average Bonchev–Trinajstić information content (AvgIpc) is 3.17. The predicted molar refractivity (Wildman–Crippen MR) is 114 cm³/mol. The van der Waals surface area contributed by atoms with Crippen LogP contribution >= 0.6 is 11.8 Å². The summed E-state index contributed by atoms with van der Waals surface area (Å²) in [4.78, 5) is 4.55. The molecule has 0 N–H and O–H groups in total. The standard InChI is InChI=1S/C21H23N3O3S2/c1-2-24(16-8-4-3-5-9-16)29(25,26)17-12-13-21(22-14-17)28-15-19-18-10-6-7-11-20(18)27-23-19/h3-5,8-9,12-14H,2,6-7,10-11,15H2,1H3. The number of fused-ring (bicyclic) bond motifs is 1. The first kappa shape index (κ1) is 20.0. The van der Waals surface area contributed by atoms with Gasteiger partial charge in [0.05, 0.1) is 16.4 Å². The zero-order valence-corrected chi connectivity index (χ0v) is 17.9. The molecule has 8 heteroatoms. The number of hydrogen-bond donors (Lipinski definition) is 0. The van der Waals surface area contributed by atoms with Crippen LogP contribution in [0.1, 0.15) is 36.8 Å². The summed E-state index contributed by atoms with van der Waals surface area (Å²) in [6.07, 6.45) is 5.75. The summed E-state index contributed by atoms with van der Waals surface area (Å²) in [7, 11) is -3.66. The van der Waals surface area contributed by atoms with E-state index in [1.807, 2.05) is 25.1 Å². The lowest BCUT2D eigenvalue weighted by Gasteiger charge is -2.22. The van der Waals surface area contributed by atoms with Crippen molar-refractivity contribution in [3.05, 3.63) is 65.7 Å². The summed E-state index contributed by atoms with van der Waals surface area (Å²) in [5.41, 5.74) is 2.86. The van der Waals surface area contributed by atoms with Crippen molar-refractivity contribution in [1.82, 2.24) is 10.1 Å². The van der Waals surface area contributed by atoms with E-state index in [-0.39, 0.29) is 4.90 Å². The van der Waals surface area contributed by atoms with Crippen LogP contribution in [0.25, 0.3) is 0 Å². The molecule has 1 aliphatic rings. The number of pyridine rings is 1. The Labute approximate surface area is 175 Å². The summed E-state index contributed by atoms with van der Waals surface area (Å²) in [6, 6.07) is 12.5. The molecule has 2 heterocycles. The number of thioether (sulfide) groups is 1. The van der Waals surface area contributed by atoms with E-state index in [2.05, 4.69) is 10.1 Å². The van der Waals surface area contributed by atoms with Crippen LogP contribution in [-0.4, -0.2) is 25.1 Å². The van der Waals surface area contributed by atoms with E-state index >= 15 is 0 Å². The molecule has 0 fully saturated rings. The zero-order chi connectivity index (χ0) is 20.3. The third-order valence-electron chi connectivity index (χ3n) is 5.02. The Morgan fingerprint density at radius 2 is 1.90 bits per heavy atom. The van der Waals surface area contributed by atoms with E-state index < -0.39 is 10.0 Å². The molecule has 1 aromatic carbocycles. The smallest absolute Gasteiger partial charge is 0.265 e. The van der Waals surface area contributed by atoms with Crippen molar-refractivity contribution in [1.29, 1.82) is 0 Å². The van der Waals surface area contributed by atoms with E-state index in [4.69, 9.17) is 4.52 Å². The van der Waals surface area contributed by atoms with E-state index in [0.717, 1.165) is 35.7 Å². The Bertz CT molecular complexity index is 1060. The largest absolute Gasteiger partial charge is 0.361 e. The Balaban J connectivity index is 1.48. The van der Waals surface area contributed by atoms with E-state index in [1.165, 1.54) is 34.2 Å². The number of aromatic nitrogens is 2. The molecule has 0 radical (unpaired) electrons. The number of para-hydroxylation sites is 1. The molecule has 0 unspecified atom stereocenters. The van der Waals surface area contributed by atoms with Gasteiger partial charge in [0.1, 0.15) is 10.7 Å². The van der Waals surface area contributed by atoms with Crippen LogP contribution in [0.15, 0.2) is 63.1 Å². The van der Waals surface area contributed by atoms with Gasteiger partial charge in [-0.25, -0.2) is 13.4 Å². The van der Waals surface area contributed by atoms with E-state index in [1.54, 1.807) is 24.3 Å². The molecule has 0 spiro atoms. The maximum absolute atomic E-state index is 13.0. The molecule has 2 aromatic heterocycles. The molecule has 0 amide bonds. The van der Waals surface area contributed by atoms with Crippen LogP contribution in [0.4, 0.5) is 5.69 Å². The Kier molecular flexibility index (Phi) is 5.91. The van der Waals surface area contributed by atoms with Crippen molar-refractivity contribution in [2.75, 3.05) is 10.8 Å². The molecule has 4 rings (SSSR count). The molecule has 0 saturated carbocycles. The normalized spacial score (nSPS) is 13.8. The molecule has 152 valence electrons. The summed E-state index contributed by atoms with van der Waals surface area (Å²) in [5.74, 6) is 1.69. The number of hydrogen-bond acceptors (Lipinski definition) is 6. The zero-order valence-electron chi connectivity index (χ0n) is 16.2. The molecular weight excluding hydrogens is 406 g/mol. The van der Waals surface area contributed by atoms with Gasteiger partial charge in [-0.15, -0.1) is 0 Å². The number of rotatable bonds is 7. The van der Waals surface area contributed by atoms with Crippen LogP contribution in [-0.2, 0) is 28.6 Å². The minimum atomic E-state index is -3.66. The van der Waals surface area contributed by atoms with Crippen molar-refractivity contribution in [3.8, 4) is 0 Å². The van der Waals surface area contributed by atoms with Crippen LogP contribution in [0.3, 0.4) is 0 Å². The molecule has 1 aliphatic carbocycles. The highest BCUT2D eigenvalue weighted by atomic mass is 32.2. The van der Waals surface area contributed by atoms with Crippen molar-refractivity contribution < 1.29 is 12.9 Å². The van der Waals surface area contributed by atoms with Crippen molar-refractivity contribution in [2.24, 2.45) is 0 Å². The molecule has 0 aliphatic heterocycles. The second kappa shape index (κ2) is 8.59. The van der Waals surface area contributed by atoms with Gasteiger partial charge < -0.3 is 4.52 Å². The lowest BCUT2D eigenvalue weighted by molar-refractivity contribution is 0.369. The van der Waals surface area contributed by atoms with Gasteiger partial charge in [0.25, 0.3) is 10.0 Å². The Morgan fingerprint density at radius 1 is 1.10 bits per heavy atom. The molecule has 0 atom stereocenters. The summed E-state index contributed by atoms with van der Waals surface area (Å²) >= 11 is 1.54. The molecular formula is C21H23N3O3S2. The minimum absolute atomic E-state index is 0.186. The van der Waals surface area contributed by atoms with Gasteiger partial charge in [0.2, 0.25) is 0 Å². The van der Waals surface area contributed by atoms with Gasteiger partial charge in [-0.3, -0.25) is 4.31 Å². The maximum Gasteiger partial charge on any atom is 0.265 e. The molecule has 29 heavy (non-hydrogen) atoms.